The van der Waals surface area contributed by atoms with E-state index in [1.165, 1.54) is 0 Å². The van der Waals surface area contributed by atoms with Crippen molar-refractivity contribution in [3.63, 3.8) is 0 Å². The van der Waals surface area contributed by atoms with Gasteiger partial charge in [-0.1, -0.05) is 6.07 Å². The molecule has 0 radical (unpaired) electrons. The van der Waals surface area contributed by atoms with Gasteiger partial charge in [-0.3, -0.25) is 9.78 Å². The van der Waals surface area contributed by atoms with Crippen LogP contribution in [0.25, 0.3) is 0 Å². The monoisotopic (exact) mass is 218 g/mol. The second-order valence-corrected chi connectivity index (χ2v) is 5.24. The number of rotatable bonds is 1. The van der Waals surface area contributed by atoms with Crippen LogP contribution in [0.15, 0.2) is 24.4 Å². The Balaban J connectivity index is 2.32. The Bertz CT molecular complexity index is 381. The minimum Gasteiger partial charge on any atom is -0.329 e. The number of pyridine rings is 1. The average molecular weight is 218 g/mol. The van der Waals surface area contributed by atoms with Crippen LogP contribution >= 0.6 is 0 Å². The topological polar surface area (TPSA) is 33.2 Å². The molecule has 3 nitrogen and oxygen atoms in total. The van der Waals surface area contributed by atoms with E-state index in [0.717, 1.165) is 12.1 Å². The largest absolute Gasteiger partial charge is 0.329 e. The predicted molar refractivity (Wildman–Crippen MR) is 62.8 cm³/mol. The van der Waals surface area contributed by atoms with Crippen molar-refractivity contribution in [3.05, 3.63) is 30.1 Å². The number of hydrogen-bond donors (Lipinski definition) is 0. The lowest BCUT2D eigenvalue weighted by atomic mass is 10.0. The summed E-state index contributed by atoms with van der Waals surface area (Å²) in [5, 5.41) is 0. The Morgan fingerprint density at radius 3 is 2.69 bits per heavy atom. The smallest absolute Gasteiger partial charge is 0.223 e. The summed E-state index contributed by atoms with van der Waals surface area (Å²) in [6, 6.07) is 6.03. The van der Waals surface area contributed by atoms with Crippen molar-refractivity contribution in [1.29, 1.82) is 0 Å². The zero-order chi connectivity index (χ0) is 11.8. The van der Waals surface area contributed by atoms with E-state index in [9.17, 15) is 4.79 Å². The Labute approximate surface area is 96.5 Å². The molecule has 1 fully saturated rings. The van der Waals surface area contributed by atoms with Crippen LogP contribution < -0.4 is 0 Å². The summed E-state index contributed by atoms with van der Waals surface area (Å²) in [7, 11) is 0. The van der Waals surface area contributed by atoms with Crippen LogP contribution in [0.5, 0.6) is 0 Å². The van der Waals surface area contributed by atoms with E-state index < -0.39 is 0 Å². The Kier molecular flexibility index (Phi) is 2.70. The SMILES string of the molecule is CC(C)(C)N1C(=O)CCC1c1ccccn1. The van der Waals surface area contributed by atoms with Gasteiger partial charge in [-0.05, 0) is 39.3 Å². The van der Waals surface area contributed by atoms with E-state index in [2.05, 4.69) is 25.8 Å². The van der Waals surface area contributed by atoms with E-state index >= 15 is 0 Å². The van der Waals surface area contributed by atoms with Gasteiger partial charge in [0.1, 0.15) is 0 Å². The molecule has 1 aliphatic rings. The first-order chi connectivity index (χ1) is 7.50. The van der Waals surface area contributed by atoms with Crippen LogP contribution in [-0.4, -0.2) is 21.3 Å². The first-order valence-corrected chi connectivity index (χ1v) is 5.73. The average Bonchev–Trinajstić information content (AvgIpc) is 2.61. The lowest BCUT2D eigenvalue weighted by Gasteiger charge is -2.36. The van der Waals surface area contributed by atoms with E-state index in [1.54, 1.807) is 6.20 Å². The highest BCUT2D eigenvalue weighted by Crippen LogP contribution is 2.36. The van der Waals surface area contributed by atoms with E-state index in [0.29, 0.717) is 6.42 Å². The summed E-state index contributed by atoms with van der Waals surface area (Å²) in [4.78, 5) is 18.2. The van der Waals surface area contributed by atoms with Crippen molar-refractivity contribution < 1.29 is 4.79 Å². The van der Waals surface area contributed by atoms with Crippen LogP contribution in [-0.2, 0) is 4.79 Å². The van der Waals surface area contributed by atoms with E-state index in [1.807, 2.05) is 23.1 Å². The molecule has 3 heteroatoms. The minimum absolute atomic E-state index is 0.129. The first-order valence-electron chi connectivity index (χ1n) is 5.73. The second-order valence-electron chi connectivity index (χ2n) is 5.24. The van der Waals surface area contributed by atoms with Crippen molar-refractivity contribution in [1.82, 2.24) is 9.88 Å². The molecule has 2 rings (SSSR count). The summed E-state index contributed by atoms with van der Waals surface area (Å²) in [6.45, 7) is 6.23. The van der Waals surface area contributed by atoms with Crippen LogP contribution in [0.2, 0.25) is 0 Å². The highest BCUT2D eigenvalue weighted by molar-refractivity contribution is 5.79. The molecule has 16 heavy (non-hydrogen) atoms. The van der Waals surface area contributed by atoms with Crippen LogP contribution in [0, 0.1) is 0 Å². The van der Waals surface area contributed by atoms with Crippen molar-refractivity contribution in [2.45, 2.75) is 45.2 Å². The van der Waals surface area contributed by atoms with Gasteiger partial charge in [-0.25, -0.2) is 0 Å². The first kappa shape index (κ1) is 11.1. The maximum Gasteiger partial charge on any atom is 0.223 e. The molecular weight excluding hydrogens is 200 g/mol. The summed E-state index contributed by atoms with van der Waals surface area (Å²) in [5.74, 6) is 0.239. The maximum atomic E-state index is 11.9. The summed E-state index contributed by atoms with van der Waals surface area (Å²) >= 11 is 0. The highest BCUT2D eigenvalue weighted by Gasteiger charge is 2.39. The molecule has 0 aliphatic carbocycles. The number of hydrogen-bond acceptors (Lipinski definition) is 2. The minimum atomic E-state index is -0.129. The summed E-state index contributed by atoms with van der Waals surface area (Å²) < 4.78 is 0. The lowest BCUT2D eigenvalue weighted by molar-refractivity contribution is -0.133. The summed E-state index contributed by atoms with van der Waals surface area (Å²) in [5.41, 5.74) is 0.874. The Hall–Kier alpha value is -1.38. The van der Waals surface area contributed by atoms with Gasteiger partial charge < -0.3 is 4.90 Å². The number of amides is 1. The number of likely N-dealkylation sites (tertiary alicyclic amines) is 1. The highest BCUT2D eigenvalue weighted by atomic mass is 16.2. The molecule has 1 aliphatic heterocycles. The van der Waals surface area contributed by atoms with Gasteiger partial charge in [0.2, 0.25) is 5.91 Å². The van der Waals surface area contributed by atoms with Gasteiger partial charge in [0.15, 0.2) is 0 Å². The van der Waals surface area contributed by atoms with Gasteiger partial charge in [-0.15, -0.1) is 0 Å². The third kappa shape index (κ3) is 1.94. The molecule has 1 unspecified atom stereocenters. The number of carbonyl (C=O) groups excluding carboxylic acids is 1. The third-order valence-electron chi connectivity index (χ3n) is 2.96. The van der Waals surface area contributed by atoms with E-state index in [4.69, 9.17) is 0 Å². The van der Waals surface area contributed by atoms with Gasteiger partial charge in [0.05, 0.1) is 11.7 Å². The fraction of sp³-hybridized carbons (Fsp3) is 0.538. The fourth-order valence-corrected chi connectivity index (χ4v) is 2.38. The van der Waals surface area contributed by atoms with Crippen LogP contribution in [0.1, 0.15) is 45.3 Å². The second kappa shape index (κ2) is 3.89. The Morgan fingerprint density at radius 2 is 2.12 bits per heavy atom. The molecule has 1 atom stereocenters. The molecule has 0 saturated carbocycles. The number of carbonyl (C=O) groups is 1. The van der Waals surface area contributed by atoms with Crippen LogP contribution in [0.3, 0.4) is 0 Å². The molecule has 0 N–H and O–H groups in total. The quantitative estimate of drug-likeness (QED) is 0.725. The molecule has 2 heterocycles. The zero-order valence-corrected chi connectivity index (χ0v) is 10.1. The summed E-state index contributed by atoms with van der Waals surface area (Å²) in [6.07, 6.45) is 3.31. The molecule has 1 aromatic rings. The van der Waals surface area contributed by atoms with Gasteiger partial charge in [0, 0.05) is 18.2 Å². The fourth-order valence-electron chi connectivity index (χ4n) is 2.38. The van der Waals surface area contributed by atoms with Crippen molar-refractivity contribution in [2.24, 2.45) is 0 Å². The Morgan fingerprint density at radius 1 is 1.38 bits per heavy atom. The van der Waals surface area contributed by atoms with Crippen molar-refractivity contribution in [3.8, 4) is 0 Å². The van der Waals surface area contributed by atoms with Crippen LogP contribution in [0.4, 0.5) is 0 Å². The van der Waals surface area contributed by atoms with Crippen molar-refractivity contribution in [2.75, 3.05) is 0 Å². The standard InChI is InChI=1S/C13H18N2O/c1-13(2,3)15-11(7-8-12(15)16)10-6-4-5-9-14-10/h4-6,9,11H,7-8H2,1-3H3. The molecule has 1 amide bonds. The van der Waals surface area contributed by atoms with E-state index in [-0.39, 0.29) is 17.5 Å². The molecule has 0 bridgehead atoms. The third-order valence-corrected chi connectivity index (χ3v) is 2.96. The van der Waals surface area contributed by atoms with Crippen molar-refractivity contribution >= 4 is 5.91 Å². The normalized spacial score (nSPS) is 21.6. The molecular formula is C13H18N2O. The molecule has 0 spiro atoms. The number of aromatic nitrogens is 1. The van der Waals surface area contributed by atoms with Gasteiger partial charge >= 0.3 is 0 Å². The molecule has 1 aromatic heterocycles. The molecule has 86 valence electrons. The zero-order valence-electron chi connectivity index (χ0n) is 10.1. The maximum absolute atomic E-state index is 11.9. The molecule has 0 aromatic carbocycles. The van der Waals surface area contributed by atoms with Gasteiger partial charge in [-0.2, -0.15) is 0 Å². The lowest BCUT2D eigenvalue weighted by Crippen LogP contribution is -2.43. The molecule has 1 saturated heterocycles. The predicted octanol–water partition coefficient (Wildman–Crippen LogP) is 2.54. The number of nitrogens with zero attached hydrogens (tertiary/aromatic N) is 2. The van der Waals surface area contributed by atoms with Gasteiger partial charge in [0.25, 0.3) is 0 Å².